The van der Waals surface area contributed by atoms with Crippen LogP contribution in [0.4, 0.5) is 0 Å². The maximum atomic E-state index is 12.0. The van der Waals surface area contributed by atoms with Gasteiger partial charge in [-0.25, -0.2) is 4.98 Å². The van der Waals surface area contributed by atoms with Gasteiger partial charge in [-0.05, 0) is 31.0 Å². The fraction of sp³-hybridized carbons (Fsp3) is 0.500. The highest BCUT2D eigenvalue weighted by atomic mass is 35.5. The molecule has 1 N–H and O–H groups in total. The summed E-state index contributed by atoms with van der Waals surface area (Å²) in [6.45, 7) is 0. The van der Waals surface area contributed by atoms with Gasteiger partial charge >= 0.3 is 0 Å². The van der Waals surface area contributed by atoms with Crippen LogP contribution in [-0.4, -0.2) is 22.7 Å². The van der Waals surface area contributed by atoms with E-state index in [2.05, 4.69) is 10.3 Å². The molecule has 3 rings (SSSR count). The largest absolute Gasteiger partial charge is 0.431 e. The van der Waals surface area contributed by atoms with E-state index in [1.54, 1.807) is 18.2 Å². The van der Waals surface area contributed by atoms with Crippen molar-refractivity contribution in [3.8, 4) is 0 Å². The van der Waals surface area contributed by atoms with Crippen LogP contribution in [0.25, 0.3) is 11.1 Å². The fourth-order valence-electron chi connectivity index (χ4n) is 2.76. The van der Waals surface area contributed by atoms with Crippen LogP contribution in [0.3, 0.4) is 0 Å². The number of hydrogen-bond acceptors (Lipinski definition) is 4. The van der Waals surface area contributed by atoms with Crippen LogP contribution in [0.15, 0.2) is 27.8 Å². The van der Waals surface area contributed by atoms with Gasteiger partial charge in [0.2, 0.25) is 5.91 Å². The molecule has 1 aliphatic rings. The number of benzene rings is 1. The van der Waals surface area contributed by atoms with Crippen molar-refractivity contribution < 1.29 is 9.21 Å². The van der Waals surface area contributed by atoms with Crippen molar-refractivity contribution in [2.45, 2.75) is 49.8 Å². The predicted octanol–water partition coefficient (Wildman–Crippen LogP) is 4.41. The Hall–Kier alpha value is -1.20. The highest BCUT2D eigenvalue weighted by Crippen LogP contribution is 2.25. The predicted molar refractivity (Wildman–Crippen MR) is 89.4 cm³/mol. The summed E-state index contributed by atoms with van der Waals surface area (Å²) >= 11 is 7.25. The standard InChI is InChI=1S/C16H19ClN2O2S/c17-11-7-8-14-13(9-11)19-16(21-14)22-10-15(20)18-12-5-3-1-2-4-6-12/h7-9,12H,1-6,10H2,(H,18,20). The number of rotatable bonds is 4. The summed E-state index contributed by atoms with van der Waals surface area (Å²) in [5, 5.41) is 4.26. The lowest BCUT2D eigenvalue weighted by Crippen LogP contribution is -2.35. The molecule has 22 heavy (non-hydrogen) atoms. The second kappa shape index (κ2) is 7.38. The molecule has 1 aromatic heterocycles. The van der Waals surface area contributed by atoms with Crippen LogP contribution < -0.4 is 5.32 Å². The van der Waals surface area contributed by atoms with Crippen molar-refractivity contribution in [3.63, 3.8) is 0 Å². The van der Waals surface area contributed by atoms with Gasteiger partial charge in [0, 0.05) is 11.1 Å². The molecule has 0 bridgehead atoms. The smallest absolute Gasteiger partial charge is 0.257 e. The van der Waals surface area contributed by atoms with Gasteiger partial charge in [-0.3, -0.25) is 4.79 Å². The van der Waals surface area contributed by atoms with Gasteiger partial charge in [0.15, 0.2) is 5.58 Å². The topological polar surface area (TPSA) is 55.1 Å². The molecule has 1 aliphatic carbocycles. The summed E-state index contributed by atoms with van der Waals surface area (Å²) in [5.41, 5.74) is 1.41. The Bertz CT molecular complexity index is 651. The number of nitrogens with one attached hydrogen (secondary N) is 1. The molecule has 1 fully saturated rings. The number of fused-ring (bicyclic) bond motifs is 1. The van der Waals surface area contributed by atoms with Crippen LogP contribution >= 0.6 is 23.4 Å². The monoisotopic (exact) mass is 338 g/mol. The highest BCUT2D eigenvalue weighted by Gasteiger charge is 2.15. The minimum atomic E-state index is 0.0530. The minimum Gasteiger partial charge on any atom is -0.431 e. The molecule has 0 radical (unpaired) electrons. The number of aromatic nitrogens is 1. The van der Waals surface area contributed by atoms with Crippen molar-refractivity contribution >= 4 is 40.4 Å². The maximum Gasteiger partial charge on any atom is 0.257 e. The quantitative estimate of drug-likeness (QED) is 0.662. The van der Waals surface area contributed by atoms with E-state index in [1.807, 2.05) is 0 Å². The number of halogens is 1. The Labute approximate surface area is 139 Å². The number of nitrogens with zero attached hydrogens (tertiary/aromatic N) is 1. The Balaban J connectivity index is 1.53. The third-order valence-corrected chi connectivity index (χ3v) is 4.94. The molecule has 0 saturated heterocycles. The third-order valence-electron chi connectivity index (χ3n) is 3.88. The summed E-state index contributed by atoms with van der Waals surface area (Å²) in [5.74, 6) is 0.383. The van der Waals surface area contributed by atoms with Gasteiger partial charge in [-0.1, -0.05) is 49.0 Å². The average molecular weight is 339 g/mol. The highest BCUT2D eigenvalue weighted by molar-refractivity contribution is 7.99. The lowest BCUT2D eigenvalue weighted by molar-refractivity contribution is -0.119. The van der Waals surface area contributed by atoms with Crippen molar-refractivity contribution in [1.82, 2.24) is 10.3 Å². The molecule has 1 amide bonds. The molecule has 118 valence electrons. The van der Waals surface area contributed by atoms with E-state index in [-0.39, 0.29) is 5.91 Å². The Morgan fingerprint density at radius 3 is 2.86 bits per heavy atom. The van der Waals surface area contributed by atoms with Gasteiger partial charge < -0.3 is 9.73 Å². The van der Waals surface area contributed by atoms with E-state index in [1.165, 1.54) is 37.4 Å². The first-order valence-corrected chi connectivity index (χ1v) is 9.05. The molecule has 0 spiro atoms. The van der Waals surface area contributed by atoms with E-state index in [4.69, 9.17) is 16.0 Å². The zero-order chi connectivity index (χ0) is 15.4. The molecule has 0 aliphatic heterocycles. The van der Waals surface area contributed by atoms with Crippen LogP contribution in [-0.2, 0) is 4.79 Å². The zero-order valence-electron chi connectivity index (χ0n) is 12.3. The molecule has 0 atom stereocenters. The van der Waals surface area contributed by atoms with Crippen molar-refractivity contribution in [3.05, 3.63) is 23.2 Å². The molecule has 0 unspecified atom stereocenters. The van der Waals surface area contributed by atoms with Crippen molar-refractivity contribution in [2.24, 2.45) is 0 Å². The molecular formula is C16H19ClN2O2S. The molecule has 2 aromatic rings. The van der Waals surface area contributed by atoms with Gasteiger partial charge in [0.05, 0.1) is 5.75 Å². The molecule has 6 heteroatoms. The van der Waals surface area contributed by atoms with Crippen molar-refractivity contribution in [2.75, 3.05) is 5.75 Å². The normalized spacial score (nSPS) is 16.6. The lowest BCUT2D eigenvalue weighted by atomic mass is 10.1. The summed E-state index contributed by atoms with van der Waals surface area (Å²) < 4.78 is 5.60. The summed E-state index contributed by atoms with van der Waals surface area (Å²) in [6, 6.07) is 5.65. The van der Waals surface area contributed by atoms with Gasteiger partial charge in [0.1, 0.15) is 5.52 Å². The van der Waals surface area contributed by atoms with Gasteiger partial charge in [-0.2, -0.15) is 0 Å². The third kappa shape index (κ3) is 4.17. The van der Waals surface area contributed by atoms with Crippen LogP contribution in [0.2, 0.25) is 5.02 Å². The molecule has 1 aromatic carbocycles. The SMILES string of the molecule is O=C(CSc1nc2cc(Cl)ccc2o1)NC1CCCCCC1. The van der Waals surface area contributed by atoms with E-state index >= 15 is 0 Å². The maximum absolute atomic E-state index is 12.0. The first-order valence-electron chi connectivity index (χ1n) is 7.69. The number of oxazole rings is 1. The first kappa shape index (κ1) is 15.7. The first-order chi connectivity index (χ1) is 10.7. The molecule has 1 saturated carbocycles. The van der Waals surface area contributed by atoms with Gasteiger partial charge in [-0.15, -0.1) is 0 Å². The Morgan fingerprint density at radius 1 is 1.32 bits per heavy atom. The zero-order valence-corrected chi connectivity index (χ0v) is 13.9. The second-order valence-corrected chi connectivity index (χ2v) is 7.00. The van der Waals surface area contributed by atoms with Crippen LogP contribution in [0.5, 0.6) is 0 Å². The summed E-state index contributed by atoms with van der Waals surface area (Å²) in [6.07, 6.45) is 7.18. The second-order valence-electron chi connectivity index (χ2n) is 5.64. The fourth-order valence-corrected chi connectivity index (χ4v) is 3.58. The number of hydrogen-bond donors (Lipinski definition) is 1. The Kier molecular flexibility index (Phi) is 5.26. The molecule has 4 nitrogen and oxygen atoms in total. The van der Waals surface area contributed by atoms with Crippen molar-refractivity contribution in [1.29, 1.82) is 0 Å². The van der Waals surface area contributed by atoms with Crippen LogP contribution in [0, 0.1) is 0 Å². The number of amides is 1. The number of thioether (sulfide) groups is 1. The van der Waals surface area contributed by atoms with E-state index in [0.717, 1.165) is 18.4 Å². The van der Waals surface area contributed by atoms with E-state index in [9.17, 15) is 4.79 Å². The van der Waals surface area contributed by atoms with Crippen LogP contribution in [0.1, 0.15) is 38.5 Å². The lowest BCUT2D eigenvalue weighted by Gasteiger charge is -2.15. The minimum absolute atomic E-state index is 0.0530. The van der Waals surface area contributed by atoms with E-state index < -0.39 is 0 Å². The molecular weight excluding hydrogens is 320 g/mol. The Morgan fingerprint density at radius 2 is 2.09 bits per heavy atom. The molecule has 1 heterocycles. The summed E-state index contributed by atoms with van der Waals surface area (Å²) in [4.78, 5) is 16.4. The van der Waals surface area contributed by atoms with E-state index in [0.29, 0.717) is 27.6 Å². The number of carbonyl (C=O) groups excluding carboxylic acids is 1. The number of carbonyl (C=O) groups is 1. The summed E-state index contributed by atoms with van der Waals surface area (Å²) in [7, 11) is 0. The van der Waals surface area contributed by atoms with Gasteiger partial charge in [0.25, 0.3) is 5.22 Å². The average Bonchev–Trinajstić information content (AvgIpc) is 2.72.